The molecule has 7 nitrogen and oxygen atoms in total. The SMILES string of the molecule is CCC(CC)C(=O)N1CCC(c2ccn3ncc(C(=O)N4CCOCC4)c3c2)CC1. The molecule has 30 heavy (non-hydrogen) atoms. The average Bonchev–Trinajstić information content (AvgIpc) is 3.23. The first-order chi connectivity index (χ1) is 14.6. The highest BCUT2D eigenvalue weighted by molar-refractivity contribution is 6.00. The minimum atomic E-state index is 0.0241. The summed E-state index contributed by atoms with van der Waals surface area (Å²) in [5, 5.41) is 4.38. The molecule has 4 rings (SSSR count). The van der Waals surface area contributed by atoms with Gasteiger partial charge in [-0.3, -0.25) is 9.59 Å². The van der Waals surface area contributed by atoms with Crippen LogP contribution in [0, 0.1) is 5.92 Å². The lowest BCUT2D eigenvalue weighted by atomic mass is 9.88. The van der Waals surface area contributed by atoms with Crippen LogP contribution in [0.5, 0.6) is 0 Å². The van der Waals surface area contributed by atoms with Gasteiger partial charge >= 0.3 is 0 Å². The zero-order valence-electron chi connectivity index (χ0n) is 18.0. The van der Waals surface area contributed by atoms with Crippen LogP contribution in [0.3, 0.4) is 0 Å². The van der Waals surface area contributed by atoms with Crippen molar-refractivity contribution in [2.24, 2.45) is 5.92 Å². The van der Waals surface area contributed by atoms with E-state index in [1.165, 1.54) is 5.56 Å². The van der Waals surface area contributed by atoms with Crippen molar-refractivity contribution in [3.05, 3.63) is 35.7 Å². The van der Waals surface area contributed by atoms with Gasteiger partial charge in [-0.05, 0) is 49.3 Å². The number of pyridine rings is 1. The van der Waals surface area contributed by atoms with Crippen molar-refractivity contribution in [1.82, 2.24) is 19.4 Å². The summed E-state index contributed by atoms with van der Waals surface area (Å²) in [6.45, 7) is 8.23. The van der Waals surface area contributed by atoms with E-state index in [-0.39, 0.29) is 11.8 Å². The third-order valence-corrected chi connectivity index (χ3v) is 6.69. The number of ether oxygens (including phenoxy) is 1. The van der Waals surface area contributed by atoms with Crippen LogP contribution >= 0.6 is 0 Å². The fourth-order valence-corrected chi connectivity index (χ4v) is 4.68. The second-order valence-corrected chi connectivity index (χ2v) is 8.37. The highest BCUT2D eigenvalue weighted by atomic mass is 16.5. The molecule has 2 aromatic rings. The molecule has 2 saturated heterocycles. The summed E-state index contributed by atoms with van der Waals surface area (Å²) in [5.41, 5.74) is 2.74. The van der Waals surface area contributed by atoms with Gasteiger partial charge in [0.25, 0.3) is 5.91 Å². The molecule has 0 radical (unpaired) electrons. The standard InChI is InChI=1S/C23H32N4O3/c1-3-17(4-2)22(28)25-8-5-18(6-9-25)19-7-10-27-21(15-19)20(16-24-27)23(29)26-11-13-30-14-12-26/h7,10,15-18H,3-6,8-9,11-14H2,1-2H3. The Hall–Kier alpha value is -2.41. The summed E-state index contributed by atoms with van der Waals surface area (Å²) in [4.78, 5) is 29.5. The van der Waals surface area contributed by atoms with E-state index in [0.29, 0.717) is 43.7 Å². The normalized spacial score (nSPS) is 18.4. The predicted octanol–water partition coefficient (Wildman–Crippen LogP) is 2.95. The van der Waals surface area contributed by atoms with Crippen LogP contribution in [0.15, 0.2) is 24.5 Å². The van der Waals surface area contributed by atoms with E-state index in [1.807, 2.05) is 16.0 Å². The number of fused-ring (bicyclic) bond motifs is 1. The van der Waals surface area contributed by atoms with Gasteiger partial charge in [-0.15, -0.1) is 0 Å². The molecule has 2 aliphatic rings. The van der Waals surface area contributed by atoms with Crippen molar-refractivity contribution < 1.29 is 14.3 Å². The van der Waals surface area contributed by atoms with Crippen LogP contribution in [-0.2, 0) is 9.53 Å². The third-order valence-electron chi connectivity index (χ3n) is 6.69. The van der Waals surface area contributed by atoms with Crippen molar-refractivity contribution in [2.45, 2.75) is 45.4 Å². The Balaban J connectivity index is 1.48. The number of amides is 2. The number of likely N-dealkylation sites (tertiary alicyclic amines) is 1. The van der Waals surface area contributed by atoms with E-state index in [4.69, 9.17) is 4.74 Å². The Kier molecular flexibility index (Phi) is 6.37. The Bertz CT molecular complexity index is 891. The first kappa shape index (κ1) is 20.8. The third kappa shape index (κ3) is 4.08. The van der Waals surface area contributed by atoms with Gasteiger partial charge in [0.2, 0.25) is 5.91 Å². The molecule has 0 atom stereocenters. The quantitative estimate of drug-likeness (QED) is 0.757. The van der Waals surface area contributed by atoms with Gasteiger partial charge < -0.3 is 14.5 Å². The Morgan fingerprint density at radius 3 is 2.47 bits per heavy atom. The number of hydrogen-bond donors (Lipinski definition) is 0. The average molecular weight is 413 g/mol. The van der Waals surface area contributed by atoms with Crippen molar-refractivity contribution in [1.29, 1.82) is 0 Å². The largest absolute Gasteiger partial charge is 0.378 e. The number of carbonyl (C=O) groups excluding carboxylic acids is 2. The summed E-state index contributed by atoms with van der Waals surface area (Å²) >= 11 is 0. The van der Waals surface area contributed by atoms with Gasteiger partial charge in [-0.2, -0.15) is 5.10 Å². The molecule has 0 unspecified atom stereocenters. The lowest BCUT2D eigenvalue weighted by Gasteiger charge is -2.34. The summed E-state index contributed by atoms with van der Waals surface area (Å²) < 4.78 is 7.15. The summed E-state index contributed by atoms with van der Waals surface area (Å²) in [7, 11) is 0. The van der Waals surface area contributed by atoms with Gasteiger partial charge in [-0.25, -0.2) is 4.52 Å². The number of aromatic nitrogens is 2. The van der Waals surface area contributed by atoms with Crippen LogP contribution < -0.4 is 0 Å². The summed E-state index contributed by atoms with van der Waals surface area (Å²) in [6, 6.07) is 4.22. The monoisotopic (exact) mass is 412 g/mol. The van der Waals surface area contributed by atoms with Gasteiger partial charge in [0.15, 0.2) is 0 Å². The molecule has 2 aliphatic heterocycles. The van der Waals surface area contributed by atoms with E-state index in [1.54, 1.807) is 10.7 Å². The number of hydrogen-bond acceptors (Lipinski definition) is 4. The molecule has 2 aromatic heterocycles. The van der Waals surface area contributed by atoms with Crippen LogP contribution in [-0.4, -0.2) is 70.6 Å². The number of piperidine rings is 1. The summed E-state index contributed by atoms with van der Waals surface area (Å²) in [6.07, 6.45) is 7.36. The topological polar surface area (TPSA) is 67.2 Å². The highest BCUT2D eigenvalue weighted by Crippen LogP contribution is 2.30. The lowest BCUT2D eigenvalue weighted by Crippen LogP contribution is -2.41. The maximum absolute atomic E-state index is 13.0. The van der Waals surface area contributed by atoms with Gasteiger partial charge in [0, 0.05) is 38.3 Å². The molecule has 4 heterocycles. The van der Waals surface area contributed by atoms with Crippen LogP contribution in [0.25, 0.3) is 5.52 Å². The number of nitrogens with zero attached hydrogens (tertiary/aromatic N) is 4. The molecule has 7 heteroatoms. The molecule has 0 spiro atoms. The lowest BCUT2D eigenvalue weighted by molar-refractivity contribution is -0.136. The second-order valence-electron chi connectivity index (χ2n) is 8.37. The first-order valence-corrected chi connectivity index (χ1v) is 11.3. The maximum Gasteiger partial charge on any atom is 0.257 e. The highest BCUT2D eigenvalue weighted by Gasteiger charge is 2.28. The zero-order chi connectivity index (χ0) is 21.1. The van der Waals surface area contributed by atoms with E-state index in [2.05, 4.69) is 31.1 Å². The molecule has 0 saturated carbocycles. The molecule has 0 aliphatic carbocycles. The Morgan fingerprint density at radius 1 is 1.10 bits per heavy atom. The number of carbonyl (C=O) groups is 2. The van der Waals surface area contributed by atoms with Crippen molar-refractivity contribution in [3.8, 4) is 0 Å². The Labute approximate surface area is 178 Å². The van der Waals surface area contributed by atoms with E-state index in [9.17, 15) is 9.59 Å². The van der Waals surface area contributed by atoms with Crippen LogP contribution in [0.2, 0.25) is 0 Å². The fourth-order valence-electron chi connectivity index (χ4n) is 4.68. The smallest absolute Gasteiger partial charge is 0.257 e. The molecule has 2 fully saturated rings. The van der Waals surface area contributed by atoms with Gasteiger partial charge in [0.05, 0.1) is 30.5 Å². The number of rotatable bonds is 5. The minimum Gasteiger partial charge on any atom is -0.378 e. The van der Waals surface area contributed by atoms with Gasteiger partial charge in [-0.1, -0.05) is 13.8 Å². The van der Waals surface area contributed by atoms with Crippen molar-refractivity contribution in [2.75, 3.05) is 39.4 Å². The van der Waals surface area contributed by atoms with Gasteiger partial charge in [0.1, 0.15) is 0 Å². The fraction of sp³-hybridized carbons (Fsp3) is 0.609. The van der Waals surface area contributed by atoms with E-state index >= 15 is 0 Å². The van der Waals surface area contributed by atoms with Crippen LogP contribution in [0.4, 0.5) is 0 Å². The number of morpholine rings is 1. The van der Waals surface area contributed by atoms with E-state index < -0.39 is 0 Å². The molecule has 162 valence electrons. The molecule has 0 aromatic carbocycles. The van der Waals surface area contributed by atoms with Crippen LogP contribution in [0.1, 0.15) is 61.4 Å². The minimum absolute atomic E-state index is 0.0241. The molecule has 0 N–H and O–H groups in total. The zero-order valence-corrected chi connectivity index (χ0v) is 18.0. The van der Waals surface area contributed by atoms with Crippen molar-refractivity contribution in [3.63, 3.8) is 0 Å². The first-order valence-electron chi connectivity index (χ1n) is 11.3. The predicted molar refractivity (Wildman–Crippen MR) is 115 cm³/mol. The van der Waals surface area contributed by atoms with E-state index in [0.717, 1.165) is 44.3 Å². The second kappa shape index (κ2) is 9.16. The molecular formula is C23H32N4O3. The maximum atomic E-state index is 13.0. The van der Waals surface area contributed by atoms with Crippen molar-refractivity contribution >= 4 is 17.3 Å². The molecule has 0 bridgehead atoms. The Morgan fingerprint density at radius 2 is 1.80 bits per heavy atom. The molecule has 2 amide bonds. The summed E-state index contributed by atoms with van der Waals surface area (Å²) in [5.74, 6) is 0.888. The molecular weight excluding hydrogens is 380 g/mol.